The molecule has 0 saturated carbocycles. The van der Waals surface area contributed by atoms with E-state index in [4.69, 9.17) is 33.2 Å². The molecule has 12 nitrogen and oxygen atoms in total. The molecule has 0 aromatic carbocycles. The van der Waals surface area contributed by atoms with Crippen molar-refractivity contribution in [3.05, 3.63) is 12.7 Å². The lowest BCUT2D eigenvalue weighted by Gasteiger charge is -2.44. The van der Waals surface area contributed by atoms with Gasteiger partial charge in [0.15, 0.2) is 24.6 Å². The van der Waals surface area contributed by atoms with Crippen molar-refractivity contribution >= 4 is 29.8 Å². The van der Waals surface area contributed by atoms with Crippen LogP contribution in [0.3, 0.4) is 0 Å². The second-order valence-electron chi connectivity index (χ2n) is 6.31. The molecule has 0 aliphatic carbocycles. The molecule has 1 heterocycles. The van der Waals surface area contributed by atoms with Crippen molar-refractivity contribution in [2.24, 2.45) is 0 Å². The Hall–Kier alpha value is -2.99. The summed E-state index contributed by atoms with van der Waals surface area (Å²) in [4.78, 5) is 57.3. The van der Waals surface area contributed by atoms with Crippen LogP contribution in [0, 0.1) is 0 Å². The number of carbonyl (C=O) groups excluding carboxylic acids is 5. The Bertz CT molecular complexity index is 687. The molecule has 0 amide bonds. The van der Waals surface area contributed by atoms with Crippen molar-refractivity contribution < 1.29 is 57.1 Å². The van der Waals surface area contributed by atoms with Crippen molar-refractivity contribution in [3.63, 3.8) is 0 Å². The summed E-state index contributed by atoms with van der Waals surface area (Å²) >= 11 is 0. The van der Waals surface area contributed by atoms with Crippen molar-refractivity contribution in [2.45, 2.75) is 58.4 Å². The second-order valence-corrected chi connectivity index (χ2v) is 6.31. The minimum Gasteiger partial charge on any atom is -0.463 e. The Morgan fingerprint density at radius 2 is 1.32 bits per heavy atom. The maximum atomic E-state index is 11.7. The predicted octanol–water partition coefficient (Wildman–Crippen LogP) is -0.185. The van der Waals surface area contributed by atoms with Gasteiger partial charge in [-0.1, -0.05) is 6.58 Å². The van der Waals surface area contributed by atoms with E-state index in [2.05, 4.69) is 6.58 Å². The zero-order chi connectivity index (χ0) is 23.6. The maximum absolute atomic E-state index is 11.7. The molecule has 0 bridgehead atoms. The van der Waals surface area contributed by atoms with E-state index in [1.165, 1.54) is 0 Å². The van der Waals surface area contributed by atoms with E-state index in [1.54, 1.807) is 0 Å². The fourth-order valence-electron chi connectivity index (χ4n) is 2.69. The number of hydrogen-bond acceptors (Lipinski definition) is 12. The minimum absolute atomic E-state index is 0.183. The summed E-state index contributed by atoms with van der Waals surface area (Å²) in [6.07, 6.45) is -5.43. The first-order chi connectivity index (χ1) is 14.5. The lowest BCUT2D eigenvalue weighted by atomic mass is 9.98. The monoisotopic (exact) mass is 446 g/mol. The summed E-state index contributed by atoms with van der Waals surface area (Å²) in [5.41, 5.74) is 0. The van der Waals surface area contributed by atoms with Crippen LogP contribution in [0.1, 0.15) is 27.7 Å². The summed E-state index contributed by atoms with van der Waals surface area (Å²) in [5, 5.41) is 0. The zero-order valence-corrected chi connectivity index (χ0v) is 17.7. The summed E-state index contributed by atoms with van der Waals surface area (Å²) in [5.74, 6) is -3.56. The fraction of sp³-hybridized carbons (Fsp3) is 0.632. The number of carbonyl (C=O) groups is 5. The molecule has 1 fully saturated rings. The van der Waals surface area contributed by atoms with Gasteiger partial charge in [-0.15, -0.1) is 0 Å². The molecule has 0 aromatic rings. The number of hydrogen-bond donors (Lipinski definition) is 0. The van der Waals surface area contributed by atoms with Crippen LogP contribution in [0.5, 0.6) is 0 Å². The fourth-order valence-corrected chi connectivity index (χ4v) is 2.69. The molecule has 174 valence electrons. The summed E-state index contributed by atoms with van der Waals surface area (Å²) in [7, 11) is 0. The second kappa shape index (κ2) is 12.6. The van der Waals surface area contributed by atoms with Gasteiger partial charge in [0, 0.05) is 33.8 Å². The lowest BCUT2D eigenvalue weighted by molar-refractivity contribution is -0.309. The Morgan fingerprint density at radius 3 is 1.84 bits per heavy atom. The van der Waals surface area contributed by atoms with Gasteiger partial charge in [-0.25, -0.2) is 4.79 Å². The molecule has 0 radical (unpaired) electrons. The van der Waals surface area contributed by atoms with Gasteiger partial charge in [-0.05, 0) is 0 Å². The van der Waals surface area contributed by atoms with E-state index >= 15 is 0 Å². The van der Waals surface area contributed by atoms with Crippen molar-refractivity contribution in [1.82, 2.24) is 0 Å². The molecule has 1 rings (SSSR count). The maximum Gasteiger partial charge on any atom is 0.330 e. The molecule has 0 spiro atoms. The lowest BCUT2D eigenvalue weighted by Crippen LogP contribution is -2.63. The Morgan fingerprint density at radius 1 is 0.774 bits per heavy atom. The average Bonchev–Trinajstić information content (AvgIpc) is 2.66. The smallest absolute Gasteiger partial charge is 0.330 e. The Kier molecular flexibility index (Phi) is 10.6. The highest BCUT2D eigenvalue weighted by Gasteiger charge is 2.52. The molecular weight excluding hydrogens is 420 g/mol. The van der Waals surface area contributed by atoms with Gasteiger partial charge >= 0.3 is 29.8 Å². The Balaban J connectivity index is 3.15. The van der Waals surface area contributed by atoms with Crippen molar-refractivity contribution in [2.75, 3.05) is 19.8 Å². The van der Waals surface area contributed by atoms with Gasteiger partial charge in [0.2, 0.25) is 0 Å². The number of ether oxygens (including phenoxy) is 7. The highest BCUT2D eigenvalue weighted by Crippen LogP contribution is 2.29. The molecule has 1 aliphatic rings. The molecule has 1 aliphatic heterocycles. The third-order valence-electron chi connectivity index (χ3n) is 3.72. The van der Waals surface area contributed by atoms with E-state index in [0.717, 1.165) is 33.8 Å². The van der Waals surface area contributed by atoms with Gasteiger partial charge in [-0.3, -0.25) is 19.2 Å². The molecule has 5 unspecified atom stereocenters. The predicted molar refractivity (Wildman–Crippen MR) is 99.1 cm³/mol. The topological polar surface area (TPSA) is 150 Å². The van der Waals surface area contributed by atoms with E-state index in [-0.39, 0.29) is 19.8 Å². The van der Waals surface area contributed by atoms with Gasteiger partial charge in [-0.2, -0.15) is 0 Å². The third-order valence-corrected chi connectivity index (χ3v) is 3.72. The SMILES string of the molecule is C=CC(=O)OCCOC1OC(COC(C)=O)C(OC(C)=O)C(OC(C)=O)C1OC(C)=O. The molecule has 5 atom stereocenters. The van der Waals surface area contributed by atoms with Crippen LogP contribution >= 0.6 is 0 Å². The number of rotatable bonds is 10. The van der Waals surface area contributed by atoms with Gasteiger partial charge in [0.05, 0.1) is 6.61 Å². The van der Waals surface area contributed by atoms with Crippen molar-refractivity contribution in [3.8, 4) is 0 Å². The molecule has 1 saturated heterocycles. The molecule has 0 aromatic heterocycles. The highest BCUT2D eigenvalue weighted by atomic mass is 16.7. The first-order valence-electron chi connectivity index (χ1n) is 9.26. The summed E-state index contributed by atoms with van der Waals surface area (Å²) in [6.45, 7) is 7.02. The van der Waals surface area contributed by atoms with Gasteiger partial charge in [0.1, 0.15) is 19.3 Å². The first kappa shape index (κ1) is 26.0. The minimum atomic E-state index is -1.34. The van der Waals surface area contributed by atoms with Crippen LogP contribution in [-0.2, 0) is 57.1 Å². The average molecular weight is 446 g/mol. The van der Waals surface area contributed by atoms with Gasteiger partial charge < -0.3 is 33.2 Å². The molecule has 0 N–H and O–H groups in total. The van der Waals surface area contributed by atoms with Crippen LogP contribution < -0.4 is 0 Å². The molecule has 31 heavy (non-hydrogen) atoms. The van der Waals surface area contributed by atoms with Crippen LogP contribution in [0.15, 0.2) is 12.7 Å². The van der Waals surface area contributed by atoms with Crippen molar-refractivity contribution in [1.29, 1.82) is 0 Å². The summed E-state index contributed by atoms with van der Waals surface area (Å²) < 4.78 is 36.6. The van der Waals surface area contributed by atoms with Crippen LogP contribution in [0.4, 0.5) is 0 Å². The largest absolute Gasteiger partial charge is 0.463 e. The highest BCUT2D eigenvalue weighted by molar-refractivity contribution is 5.81. The Labute approximate surface area is 178 Å². The third kappa shape index (κ3) is 9.13. The zero-order valence-electron chi connectivity index (χ0n) is 17.7. The van der Waals surface area contributed by atoms with E-state index in [9.17, 15) is 24.0 Å². The number of esters is 5. The van der Waals surface area contributed by atoms with E-state index < -0.39 is 60.6 Å². The van der Waals surface area contributed by atoms with Gasteiger partial charge in [0.25, 0.3) is 0 Å². The molecular formula is C19H26O12. The van der Waals surface area contributed by atoms with Crippen LogP contribution in [-0.4, -0.2) is 80.4 Å². The van der Waals surface area contributed by atoms with Crippen LogP contribution in [0.2, 0.25) is 0 Å². The molecule has 12 heteroatoms. The van der Waals surface area contributed by atoms with Crippen LogP contribution in [0.25, 0.3) is 0 Å². The normalized spacial score (nSPS) is 25.0. The van der Waals surface area contributed by atoms with E-state index in [1.807, 2.05) is 0 Å². The van der Waals surface area contributed by atoms with E-state index in [0.29, 0.717) is 0 Å². The standard InChI is InChI=1S/C19H26O12/c1-6-15(24)25-7-8-26-19-18(30-13(5)23)17(29-12(4)22)16(28-11(3)21)14(31-19)9-27-10(2)20/h6,14,16-19H,1,7-9H2,2-5H3. The first-order valence-corrected chi connectivity index (χ1v) is 9.26. The summed E-state index contributed by atoms with van der Waals surface area (Å²) in [6, 6.07) is 0. The quantitative estimate of drug-likeness (QED) is 0.189.